The van der Waals surface area contributed by atoms with Crippen molar-refractivity contribution in [1.82, 2.24) is 10.2 Å². The first-order valence-corrected chi connectivity index (χ1v) is 9.56. The number of nitrogens with one attached hydrogen (secondary N) is 2. The van der Waals surface area contributed by atoms with Gasteiger partial charge < -0.3 is 14.8 Å². The number of fused-ring (bicyclic) bond motifs is 1. The number of carbonyl (C=O) groups excluding carboxylic acids is 1. The van der Waals surface area contributed by atoms with E-state index in [4.69, 9.17) is 9.47 Å². The average Bonchev–Trinajstić information content (AvgIpc) is 3.14. The Bertz CT molecular complexity index is 1190. The van der Waals surface area contributed by atoms with Crippen LogP contribution in [0.1, 0.15) is 12.5 Å². The molecule has 2 N–H and O–H groups in total. The lowest BCUT2D eigenvalue weighted by atomic mass is 10.2. The van der Waals surface area contributed by atoms with E-state index in [-0.39, 0.29) is 12.5 Å². The summed E-state index contributed by atoms with van der Waals surface area (Å²) < 4.78 is 38.0. The van der Waals surface area contributed by atoms with E-state index in [0.29, 0.717) is 33.8 Å². The molecule has 158 valence electrons. The topological polar surface area (TPSA) is 76.2 Å². The quantitative estimate of drug-likeness (QED) is 0.447. The number of carbonyl (C=O) groups is 1. The van der Waals surface area contributed by atoms with Crippen molar-refractivity contribution in [2.24, 2.45) is 0 Å². The van der Waals surface area contributed by atoms with E-state index in [0.717, 1.165) is 6.07 Å². The second-order valence-electron chi connectivity index (χ2n) is 6.91. The summed E-state index contributed by atoms with van der Waals surface area (Å²) in [5.41, 5.74) is 1.06. The lowest BCUT2D eigenvalue weighted by molar-refractivity contribution is -0.122. The second-order valence-corrected chi connectivity index (χ2v) is 6.91. The number of anilines is 1. The van der Waals surface area contributed by atoms with Crippen LogP contribution < -0.4 is 14.8 Å². The molecular weight excluding hydrogens is 404 g/mol. The molecular formula is C23H19F2N3O3. The van der Waals surface area contributed by atoms with E-state index in [9.17, 15) is 13.6 Å². The number of hydrogen-bond donors (Lipinski definition) is 2. The maximum absolute atomic E-state index is 13.3. The third kappa shape index (κ3) is 4.98. The Hall–Kier alpha value is -3.94. The van der Waals surface area contributed by atoms with Gasteiger partial charge in [-0.25, -0.2) is 8.78 Å². The molecule has 0 aliphatic carbocycles. The molecule has 4 aromatic rings. The van der Waals surface area contributed by atoms with Gasteiger partial charge in [-0.2, -0.15) is 5.10 Å². The molecule has 4 rings (SSSR count). The highest BCUT2D eigenvalue weighted by Crippen LogP contribution is 2.26. The number of aromatic nitrogens is 2. The monoisotopic (exact) mass is 423 g/mol. The Morgan fingerprint density at radius 3 is 2.52 bits per heavy atom. The van der Waals surface area contributed by atoms with Crippen molar-refractivity contribution in [1.29, 1.82) is 0 Å². The van der Waals surface area contributed by atoms with Gasteiger partial charge in [0.2, 0.25) is 0 Å². The van der Waals surface area contributed by atoms with Crippen molar-refractivity contribution >= 4 is 22.6 Å². The van der Waals surface area contributed by atoms with Gasteiger partial charge in [-0.1, -0.05) is 18.2 Å². The van der Waals surface area contributed by atoms with Crippen LogP contribution in [0.2, 0.25) is 0 Å². The summed E-state index contributed by atoms with van der Waals surface area (Å²) in [6, 6.07) is 17.4. The minimum atomic E-state index is -0.739. The fourth-order valence-corrected chi connectivity index (χ4v) is 3.01. The highest BCUT2D eigenvalue weighted by molar-refractivity contribution is 6.01. The summed E-state index contributed by atoms with van der Waals surface area (Å²) >= 11 is 0. The van der Waals surface area contributed by atoms with E-state index in [2.05, 4.69) is 15.5 Å². The third-order valence-electron chi connectivity index (χ3n) is 4.53. The van der Waals surface area contributed by atoms with Gasteiger partial charge in [-0.15, -0.1) is 0 Å². The number of para-hydroxylation sites is 1. The maximum atomic E-state index is 13.3. The molecule has 1 unspecified atom stereocenters. The van der Waals surface area contributed by atoms with Crippen molar-refractivity contribution in [2.75, 3.05) is 5.32 Å². The first-order chi connectivity index (χ1) is 15.0. The molecule has 0 bridgehead atoms. The molecule has 1 atom stereocenters. The summed E-state index contributed by atoms with van der Waals surface area (Å²) in [4.78, 5) is 12.5. The predicted molar refractivity (Wildman–Crippen MR) is 112 cm³/mol. The predicted octanol–water partition coefficient (Wildman–Crippen LogP) is 4.83. The van der Waals surface area contributed by atoms with E-state index in [1.54, 1.807) is 37.3 Å². The van der Waals surface area contributed by atoms with Crippen LogP contribution in [0.3, 0.4) is 0 Å². The van der Waals surface area contributed by atoms with Crippen LogP contribution >= 0.6 is 0 Å². The minimum absolute atomic E-state index is 0.0122. The summed E-state index contributed by atoms with van der Waals surface area (Å²) in [6.45, 7) is 1.63. The summed E-state index contributed by atoms with van der Waals surface area (Å²) in [5.74, 6) is -0.324. The van der Waals surface area contributed by atoms with Gasteiger partial charge in [0.1, 0.15) is 29.7 Å². The second kappa shape index (κ2) is 8.83. The molecule has 1 heterocycles. The van der Waals surface area contributed by atoms with Gasteiger partial charge in [0.15, 0.2) is 11.9 Å². The average molecular weight is 423 g/mol. The zero-order chi connectivity index (χ0) is 21.8. The van der Waals surface area contributed by atoms with Gasteiger partial charge in [0.25, 0.3) is 5.91 Å². The molecule has 8 heteroatoms. The number of amides is 1. The van der Waals surface area contributed by atoms with Crippen LogP contribution in [-0.4, -0.2) is 22.2 Å². The number of H-pyrrole nitrogens is 1. The smallest absolute Gasteiger partial charge is 0.266 e. The zero-order valence-corrected chi connectivity index (χ0v) is 16.6. The summed E-state index contributed by atoms with van der Waals surface area (Å²) in [7, 11) is 0. The number of aromatic amines is 1. The van der Waals surface area contributed by atoms with Crippen molar-refractivity contribution in [3.05, 3.63) is 83.9 Å². The SMILES string of the molecule is CC(Oc1ccccc1)C(=O)Nc1n[nH]c2ccc(OCc3cc(F)cc(F)c3)cc12. The molecule has 0 radical (unpaired) electrons. The Morgan fingerprint density at radius 2 is 1.77 bits per heavy atom. The summed E-state index contributed by atoms with van der Waals surface area (Å²) in [5, 5.41) is 10.3. The Labute approximate surface area is 176 Å². The van der Waals surface area contributed by atoms with E-state index >= 15 is 0 Å². The van der Waals surface area contributed by atoms with Gasteiger partial charge in [0, 0.05) is 11.5 Å². The molecule has 0 spiro atoms. The molecule has 6 nitrogen and oxygen atoms in total. The standard InChI is InChI=1S/C23H19F2N3O3/c1-14(31-18-5-3-2-4-6-18)23(29)26-22-20-12-19(7-8-21(20)27-28-22)30-13-15-9-16(24)11-17(25)10-15/h2-12,14H,13H2,1H3,(H2,26,27,28,29). The van der Waals surface area contributed by atoms with Crippen LogP contribution in [0, 0.1) is 11.6 Å². The highest BCUT2D eigenvalue weighted by Gasteiger charge is 2.18. The van der Waals surface area contributed by atoms with Crippen molar-refractivity contribution in [3.8, 4) is 11.5 Å². The molecule has 0 fully saturated rings. The fraction of sp³-hybridized carbons (Fsp3) is 0.130. The number of nitrogens with zero attached hydrogens (tertiary/aromatic N) is 1. The van der Waals surface area contributed by atoms with Gasteiger partial charge >= 0.3 is 0 Å². The zero-order valence-electron chi connectivity index (χ0n) is 16.6. The number of rotatable bonds is 7. The first kappa shape index (κ1) is 20.3. The third-order valence-corrected chi connectivity index (χ3v) is 4.53. The van der Waals surface area contributed by atoms with Gasteiger partial charge in [-0.3, -0.25) is 9.89 Å². The number of hydrogen-bond acceptors (Lipinski definition) is 4. The Balaban J connectivity index is 1.45. The molecule has 0 aliphatic heterocycles. The largest absolute Gasteiger partial charge is 0.489 e. The molecule has 3 aromatic carbocycles. The highest BCUT2D eigenvalue weighted by atomic mass is 19.1. The normalized spacial score (nSPS) is 11.8. The first-order valence-electron chi connectivity index (χ1n) is 9.56. The van der Waals surface area contributed by atoms with Crippen LogP contribution in [0.5, 0.6) is 11.5 Å². The molecule has 1 amide bonds. The molecule has 31 heavy (non-hydrogen) atoms. The van der Waals surface area contributed by atoms with Gasteiger partial charge in [-0.05, 0) is 55.0 Å². The lowest BCUT2D eigenvalue weighted by Gasteiger charge is -2.14. The minimum Gasteiger partial charge on any atom is -0.489 e. The van der Waals surface area contributed by atoms with Crippen molar-refractivity contribution in [2.45, 2.75) is 19.6 Å². The van der Waals surface area contributed by atoms with E-state index in [1.807, 2.05) is 18.2 Å². The maximum Gasteiger partial charge on any atom is 0.266 e. The molecule has 0 saturated carbocycles. The van der Waals surface area contributed by atoms with Gasteiger partial charge in [0.05, 0.1) is 5.52 Å². The Morgan fingerprint density at radius 1 is 1.03 bits per heavy atom. The summed E-state index contributed by atoms with van der Waals surface area (Å²) in [6.07, 6.45) is -0.739. The van der Waals surface area contributed by atoms with Crippen molar-refractivity contribution < 1.29 is 23.0 Å². The number of halogens is 2. The van der Waals surface area contributed by atoms with Crippen LogP contribution in [-0.2, 0) is 11.4 Å². The molecule has 0 aliphatic rings. The van der Waals surface area contributed by atoms with Crippen LogP contribution in [0.4, 0.5) is 14.6 Å². The van der Waals surface area contributed by atoms with E-state index in [1.165, 1.54) is 12.1 Å². The number of benzene rings is 3. The number of ether oxygens (including phenoxy) is 2. The van der Waals surface area contributed by atoms with Crippen LogP contribution in [0.15, 0.2) is 66.7 Å². The van der Waals surface area contributed by atoms with Crippen molar-refractivity contribution in [3.63, 3.8) is 0 Å². The molecule has 0 saturated heterocycles. The lowest BCUT2D eigenvalue weighted by Crippen LogP contribution is -2.30. The molecule has 1 aromatic heterocycles. The fourth-order valence-electron chi connectivity index (χ4n) is 3.01. The Kier molecular flexibility index (Phi) is 5.79. The van der Waals surface area contributed by atoms with E-state index < -0.39 is 17.7 Å². The van der Waals surface area contributed by atoms with Crippen LogP contribution in [0.25, 0.3) is 10.9 Å².